The molecule has 128 valence electrons. The maximum Gasteiger partial charge on any atom is 0.287 e. The van der Waals surface area contributed by atoms with E-state index in [-0.39, 0.29) is 18.2 Å². The van der Waals surface area contributed by atoms with Crippen LogP contribution in [0, 0.1) is 0 Å². The molecule has 0 radical (unpaired) electrons. The van der Waals surface area contributed by atoms with E-state index in [9.17, 15) is 9.59 Å². The Morgan fingerprint density at radius 1 is 1.20 bits per heavy atom. The van der Waals surface area contributed by atoms with Crippen molar-refractivity contribution < 1.29 is 23.5 Å². The zero-order chi connectivity index (χ0) is 17.2. The molecule has 0 unspecified atom stereocenters. The van der Waals surface area contributed by atoms with E-state index in [4.69, 9.17) is 13.9 Å². The summed E-state index contributed by atoms with van der Waals surface area (Å²) in [5.74, 6) is 0.639. The average Bonchev–Trinajstić information content (AvgIpc) is 3.26. The van der Waals surface area contributed by atoms with Gasteiger partial charge >= 0.3 is 0 Å². The largest absolute Gasteiger partial charge is 0.486 e. The van der Waals surface area contributed by atoms with E-state index < -0.39 is 5.91 Å². The topological polar surface area (TPSA) is 103 Å². The monoisotopic (exact) mass is 359 g/mol. The van der Waals surface area contributed by atoms with E-state index in [1.165, 1.54) is 23.7 Å². The number of furan rings is 1. The Balaban J connectivity index is 1.41. The second-order valence-corrected chi connectivity index (χ2v) is 6.22. The zero-order valence-corrected chi connectivity index (χ0v) is 13.7. The lowest BCUT2D eigenvalue weighted by atomic mass is 10.3. The van der Waals surface area contributed by atoms with Gasteiger partial charge in [0, 0.05) is 12.1 Å². The highest BCUT2D eigenvalue weighted by atomic mass is 32.1. The second-order valence-electron chi connectivity index (χ2n) is 5.19. The molecular formula is C16H13N3O5S. The van der Waals surface area contributed by atoms with Crippen molar-refractivity contribution in [3.05, 3.63) is 36.3 Å². The quantitative estimate of drug-likeness (QED) is 0.739. The van der Waals surface area contributed by atoms with E-state index in [1.807, 2.05) is 6.07 Å². The van der Waals surface area contributed by atoms with E-state index in [0.717, 1.165) is 4.70 Å². The molecule has 4 rings (SSSR count). The summed E-state index contributed by atoms with van der Waals surface area (Å²) >= 11 is 1.32. The number of amides is 2. The number of nitrogens with zero attached hydrogens (tertiary/aromatic N) is 1. The highest BCUT2D eigenvalue weighted by Gasteiger charge is 2.16. The molecule has 3 heterocycles. The third-order valence-electron chi connectivity index (χ3n) is 3.45. The molecule has 0 atom stereocenters. The molecule has 2 aromatic heterocycles. The van der Waals surface area contributed by atoms with Gasteiger partial charge in [-0.15, -0.1) is 0 Å². The molecule has 25 heavy (non-hydrogen) atoms. The fourth-order valence-electron chi connectivity index (χ4n) is 2.34. The first-order valence-electron chi connectivity index (χ1n) is 7.51. The SMILES string of the molecule is O=C(CNC(=O)c1ccco1)Nc1nc2cc3c(cc2s1)OCCO3. The van der Waals surface area contributed by atoms with Gasteiger partial charge in [0.05, 0.1) is 23.0 Å². The minimum atomic E-state index is -0.452. The van der Waals surface area contributed by atoms with Crippen LogP contribution in [0.25, 0.3) is 10.2 Å². The van der Waals surface area contributed by atoms with Crippen LogP contribution in [-0.4, -0.2) is 36.6 Å². The molecule has 3 aromatic rings. The van der Waals surface area contributed by atoms with Crippen LogP contribution in [0.5, 0.6) is 11.5 Å². The van der Waals surface area contributed by atoms with E-state index >= 15 is 0 Å². The number of hydrogen-bond donors (Lipinski definition) is 2. The van der Waals surface area contributed by atoms with Gasteiger partial charge in [0.2, 0.25) is 5.91 Å². The molecule has 0 fully saturated rings. The summed E-state index contributed by atoms with van der Waals surface area (Å²) in [6.07, 6.45) is 1.39. The van der Waals surface area contributed by atoms with Crippen molar-refractivity contribution in [3.8, 4) is 11.5 Å². The standard InChI is InChI=1S/C16H13N3O5S/c20-14(8-17-15(21)10-2-1-3-22-10)19-16-18-9-6-11-12(7-13(9)25-16)24-5-4-23-11/h1-3,6-7H,4-5,8H2,(H,17,21)(H,18,19,20). The van der Waals surface area contributed by atoms with Gasteiger partial charge in [0.25, 0.3) is 5.91 Å². The van der Waals surface area contributed by atoms with Crippen LogP contribution >= 0.6 is 11.3 Å². The number of benzene rings is 1. The number of anilines is 1. The highest BCUT2D eigenvalue weighted by Crippen LogP contribution is 2.37. The number of thiazole rings is 1. The van der Waals surface area contributed by atoms with Gasteiger partial charge in [-0.05, 0) is 12.1 Å². The van der Waals surface area contributed by atoms with Gasteiger partial charge in [-0.2, -0.15) is 0 Å². The second kappa shape index (κ2) is 6.44. The first-order chi connectivity index (χ1) is 12.2. The Morgan fingerprint density at radius 2 is 2.00 bits per heavy atom. The van der Waals surface area contributed by atoms with Gasteiger partial charge in [-0.3, -0.25) is 9.59 Å². The van der Waals surface area contributed by atoms with Crippen LogP contribution in [0.1, 0.15) is 10.6 Å². The lowest BCUT2D eigenvalue weighted by Crippen LogP contribution is -2.32. The molecular weight excluding hydrogens is 346 g/mol. The molecule has 2 amide bonds. The molecule has 0 aliphatic carbocycles. The van der Waals surface area contributed by atoms with Gasteiger partial charge in [0.15, 0.2) is 22.4 Å². The van der Waals surface area contributed by atoms with E-state index in [2.05, 4.69) is 15.6 Å². The Kier molecular flexibility index (Phi) is 3.98. The predicted molar refractivity (Wildman–Crippen MR) is 90.3 cm³/mol. The Bertz CT molecular complexity index is 892. The maximum absolute atomic E-state index is 12.0. The summed E-state index contributed by atoms with van der Waals surface area (Å²) in [6, 6.07) is 6.75. The van der Waals surface area contributed by atoms with Crippen LogP contribution in [0.2, 0.25) is 0 Å². The number of fused-ring (bicyclic) bond motifs is 2. The first-order valence-corrected chi connectivity index (χ1v) is 8.32. The fraction of sp³-hybridized carbons (Fsp3) is 0.188. The molecule has 1 aliphatic rings. The van der Waals surface area contributed by atoms with Crippen molar-refractivity contribution in [3.63, 3.8) is 0 Å². The summed E-state index contributed by atoms with van der Waals surface area (Å²) in [5.41, 5.74) is 0.712. The van der Waals surface area contributed by atoms with Gasteiger partial charge < -0.3 is 24.5 Å². The fourth-order valence-corrected chi connectivity index (χ4v) is 3.23. The van der Waals surface area contributed by atoms with Crippen molar-refractivity contribution in [2.75, 3.05) is 25.1 Å². The van der Waals surface area contributed by atoms with Crippen molar-refractivity contribution in [1.29, 1.82) is 0 Å². The summed E-state index contributed by atoms with van der Waals surface area (Å²) in [5, 5.41) is 5.58. The summed E-state index contributed by atoms with van der Waals surface area (Å²) in [4.78, 5) is 28.1. The van der Waals surface area contributed by atoms with Crippen molar-refractivity contribution in [1.82, 2.24) is 10.3 Å². The normalized spacial score (nSPS) is 12.8. The number of ether oxygens (including phenoxy) is 2. The Hall–Kier alpha value is -3.07. The number of carbonyl (C=O) groups is 2. The average molecular weight is 359 g/mol. The third kappa shape index (κ3) is 3.26. The number of nitrogens with one attached hydrogen (secondary N) is 2. The Labute approximate surface area is 145 Å². The van der Waals surface area contributed by atoms with Gasteiger partial charge in [-0.25, -0.2) is 4.98 Å². The smallest absolute Gasteiger partial charge is 0.287 e. The third-order valence-corrected chi connectivity index (χ3v) is 4.39. The van der Waals surface area contributed by atoms with E-state index in [1.54, 1.807) is 12.1 Å². The minimum Gasteiger partial charge on any atom is -0.486 e. The molecule has 0 spiro atoms. The zero-order valence-electron chi connectivity index (χ0n) is 12.9. The summed E-state index contributed by atoms with van der Waals surface area (Å²) in [7, 11) is 0. The lowest BCUT2D eigenvalue weighted by Gasteiger charge is -2.17. The van der Waals surface area contributed by atoms with Crippen LogP contribution in [0.4, 0.5) is 5.13 Å². The Morgan fingerprint density at radius 3 is 2.76 bits per heavy atom. The molecule has 0 bridgehead atoms. The molecule has 0 saturated carbocycles. The van der Waals surface area contributed by atoms with Crippen LogP contribution in [0.15, 0.2) is 34.9 Å². The predicted octanol–water partition coefficient (Wildman–Crippen LogP) is 2.03. The molecule has 1 aliphatic heterocycles. The van der Waals surface area contributed by atoms with Crippen molar-refractivity contribution >= 4 is 38.5 Å². The minimum absolute atomic E-state index is 0.151. The summed E-state index contributed by atoms with van der Waals surface area (Å²) in [6.45, 7) is 0.829. The lowest BCUT2D eigenvalue weighted by molar-refractivity contribution is -0.115. The maximum atomic E-state index is 12.0. The number of hydrogen-bond acceptors (Lipinski definition) is 7. The first kappa shape index (κ1) is 15.5. The molecule has 9 heteroatoms. The molecule has 2 N–H and O–H groups in total. The van der Waals surface area contributed by atoms with Crippen molar-refractivity contribution in [2.45, 2.75) is 0 Å². The highest BCUT2D eigenvalue weighted by molar-refractivity contribution is 7.22. The molecule has 8 nitrogen and oxygen atoms in total. The molecule has 0 saturated heterocycles. The number of aromatic nitrogens is 1. The number of carbonyl (C=O) groups excluding carboxylic acids is 2. The van der Waals surface area contributed by atoms with E-state index in [0.29, 0.717) is 35.4 Å². The van der Waals surface area contributed by atoms with Crippen molar-refractivity contribution in [2.24, 2.45) is 0 Å². The number of rotatable bonds is 4. The van der Waals surface area contributed by atoms with Gasteiger partial charge in [-0.1, -0.05) is 11.3 Å². The van der Waals surface area contributed by atoms with Crippen LogP contribution < -0.4 is 20.1 Å². The summed E-state index contributed by atoms with van der Waals surface area (Å²) < 4.78 is 16.9. The molecule has 1 aromatic carbocycles. The van der Waals surface area contributed by atoms with Gasteiger partial charge in [0.1, 0.15) is 13.2 Å². The van der Waals surface area contributed by atoms with Crippen LogP contribution in [-0.2, 0) is 4.79 Å². The van der Waals surface area contributed by atoms with Crippen LogP contribution in [0.3, 0.4) is 0 Å².